The maximum atomic E-state index is 12.4. The van der Waals surface area contributed by atoms with Crippen molar-refractivity contribution in [3.8, 4) is 17.2 Å². The molecule has 0 spiro atoms. The highest BCUT2D eigenvalue weighted by atomic mass is 32.2. The molecule has 0 radical (unpaired) electrons. The maximum Gasteiger partial charge on any atom is 0.240 e. The predicted octanol–water partition coefficient (Wildman–Crippen LogP) is 4.00. The minimum Gasteiger partial charge on any atom is -0.497 e. The summed E-state index contributed by atoms with van der Waals surface area (Å²) in [5, 5.41) is 2.80. The van der Waals surface area contributed by atoms with E-state index in [4.69, 9.17) is 9.47 Å². The third-order valence-electron chi connectivity index (χ3n) is 4.91. The number of para-hydroxylation sites is 1. The van der Waals surface area contributed by atoms with Crippen LogP contribution in [0.25, 0.3) is 0 Å². The van der Waals surface area contributed by atoms with Crippen molar-refractivity contribution in [2.75, 3.05) is 30.8 Å². The fourth-order valence-corrected chi connectivity index (χ4v) is 4.06. The average Bonchev–Trinajstić information content (AvgIpc) is 2.81. The third-order valence-corrected chi connectivity index (χ3v) is 6.06. The first-order valence-corrected chi connectivity index (χ1v) is 12.4. The molecule has 0 aliphatic rings. The summed E-state index contributed by atoms with van der Waals surface area (Å²) in [6, 6.07) is 23.6. The van der Waals surface area contributed by atoms with E-state index in [1.54, 1.807) is 31.4 Å². The monoisotopic (exact) mass is 468 g/mol. The zero-order valence-corrected chi connectivity index (χ0v) is 19.5. The molecule has 0 unspecified atom stereocenters. The topological polar surface area (TPSA) is 84.9 Å². The minimum atomic E-state index is -3.65. The van der Waals surface area contributed by atoms with Gasteiger partial charge in [0.1, 0.15) is 23.8 Å². The number of aryl methyl sites for hydroxylation is 1. The molecule has 1 N–H and O–H groups in total. The van der Waals surface area contributed by atoms with Gasteiger partial charge in [-0.05, 0) is 66.9 Å². The second-order valence-electron chi connectivity index (χ2n) is 7.48. The molecule has 0 heterocycles. The van der Waals surface area contributed by atoms with E-state index in [0.29, 0.717) is 23.7 Å². The number of ether oxygens (including phenoxy) is 2. The van der Waals surface area contributed by atoms with Gasteiger partial charge in [-0.1, -0.05) is 30.3 Å². The highest BCUT2D eigenvalue weighted by Gasteiger charge is 2.20. The van der Waals surface area contributed by atoms with Crippen LogP contribution >= 0.6 is 0 Å². The predicted molar refractivity (Wildman–Crippen MR) is 129 cm³/mol. The molecule has 0 aliphatic heterocycles. The van der Waals surface area contributed by atoms with Crippen molar-refractivity contribution < 1.29 is 22.7 Å². The highest BCUT2D eigenvalue weighted by molar-refractivity contribution is 7.92. The standard InChI is InChI=1S/C25H28N2O5S/c1-31-22-14-10-20(11-15-22)7-6-18-26-25(28)19-27(33(2,29)30)21-12-16-24(17-13-21)32-23-8-4-3-5-9-23/h3-5,8-17H,6-7,18-19H2,1-2H3,(H,26,28). The Morgan fingerprint density at radius 2 is 1.48 bits per heavy atom. The molecule has 8 heteroatoms. The number of hydrogen-bond acceptors (Lipinski definition) is 5. The Balaban J connectivity index is 1.53. The number of hydrogen-bond donors (Lipinski definition) is 1. The van der Waals surface area contributed by atoms with Crippen LogP contribution < -0.4 is 19.1 Å². The molecule has 0 aromatic heterocycles. The van der Waals surface area contributed by atoms with E-state index in [2.05, 4.69) is 5.32 Å². The largest absolute Gasteiger partial charge is 0.497 e. The lowest BCUT2D eigenvalue weighted by Crippen LogP contribution is -2.40. The second-order valence-corrected chi connectivity index (χ2v) is 9.39. The molecule has 0 saturated carbocycles. The molecule has 0 saturated heterocycles. The quantitative estimate of drug-likeness (QED) is 0.430. The lowest BCUT2D eigenvalue weighted by atomic mass is 10.1. The number of anilines is 1. The van der Waals surface area contributed by atoms with Crippen molar-refractivity contribution in [1.29, 1.82) is 0 Å². The molecule has 174 valence electrons. The summed E-state index contributed by atoms with van der Waals surface area (Å²) in [6.45, 7) is 0.159. The number of nitrogens with zero attached hydrogens (tertiary/aromatic N) is 1. The van der Waals surface area contributed by atoms with Crippen LogP contribution in [0.3, 0.4) is 0 Å². The van der Waals surface area contributed by atoms with Crippen molar-refractivity contribution in [1.82, 2.24) is 5.32 Å². The summed E-state index contributed by atoms with van der Waals surface area (Å²) in [5.74, 6) is 1.69. The summed E-state index contributed by atoms with van der Waals surface area (Å²) in [5.41, 5.74) is 1.53. The van der Waals surface area contributed by atoms with E-state index < -0.39 is 10.0 Å². The molecule has 3 rings (SSSR count). The van der Waals surface area contributed by atoms with Crippen molar-refractivity contribution in [3.05, 3.63) is 84.4 Å². The van der Waals surface area contributed by atoms with Gasteiger partial charge >= 0.3 is 0 Å². The number of methoxy groups -OCH3 is 1. The summed E-state index contributed by atoms with van der Waals surface area (Å²) in [4.78, 5) is 12.4. The molecule has 0 fully saturated rings. The van der Waals surface area contributed by atoms with Crippen LogP contribution in [0.1, 0.15) is 12.0 Å². The number of rotatable bonds is 11. The van der Waals surface area contributed by atoms with E-state index in [1.165, 1.54) is 0 Å². The number of sulfonamides is 1. The maximum absolute atomic E-state index is 12.4. The lowest BCUT2D eigenvalue weighted by Gasteiger charge is -2.22. The van der Waals surface area contributed by atoms with Gasteiger partial charge in [0.05, 0.1) is 19.1 Å². The van der Waals surface area contributed by atoms with Crippen molar-refractivity contribution in [3.63, 3.8) is 0 Å². The molecule has 1 amide bonds. The highest BCUT2D eigenvalue weighted by Crippen LogP contribution is 2.25. The van der Waals surface area contributed by atoms with Crippen molar-refractivity contribution in [2.45, 2.75) is 12.8 Å². The van der Waals surface area contributed by atoms with Gasteiger partial charge in [-0.15, -0.1) is 0 Å². The number of carbonyl (C=O) groups excluding carboxylic acids is 1. The van der Waals surface area contributed by atoms with Gasteiger partial charge < -0.3 is 14.8 Å². The fraction of sp³-hybridized carbons (Fsp3) is 0.240. The first-order valence-electron chi connectivity index (χ1n) is 10.6. The Bertz CT molecular complexity index is 1130. The molecule has 0 atom stereocenters. The van der Waals surface area contributed by atoms with Crippen LogP contribution in [-0.4, -0.2) is 40.8 Å². The summed E-state index contributed by atoms with van der Waals surface area (Å²) >= 11 is 0. The number of benzene rings is 3. The molecule has 3 aromatic rings. The van der Waals surface area contributed by atoms with Gasteiger partial charge in [0.2, 0.25) is 15.9 Å². The average molecular weight is 469 g/mol. The summed E-state index contributed by atoms with van der Waals surface area (Å²) in [6.07, 6.45) is 2.61. The molecule has 0 bridgehead atoms. The summed E-state index contributed by atoms with van der Waals surface area (Å²) in [7, 11) is -2.02. The zero-order chi connectivity index (χ0) is 23.7. The molecule has 3 aromatic carbocycles. The second kappa shape index (κ2) is 11.4. The lowest BCUT2D eigenvalue weighted by molar-refractivity contribution is -0.119. The van der Waals surface area contributed by atoms with Crippen LogP contribution in [0.5, 0.6) is 17.2 Å². The van der Waals surface area contributed by atoms with Gasteiger partial charge in [-0.2, -0.15) is 0 Å². The van der Waals surface area contributed by atoms with Crippen LogP contribution in [0.2, 0.25) is 0 Å². The molecule has 33 heavy (non-hydrogen) atoms. The van der Waals surface area contributed by atoms with E-state index >= 15 is 0 Å². The third kappa shape index (κ3) is 7.54. The first-order chi connectivity index (χ1) is 15.8. The SMILES string of the molecule is COc1ccc(CCCNC(=O)CN(c2ccc(Oc3ccccc3)cc2)S(C)(=O)=O)cc1. The molecule has 0 aliphatic carbocycles. The van der Waals surface area contributed by atoms with E-state index in [0.717, 1.165) is 34.7 Å². The molecular weight excluding hydrogens is 440 g/mol. The van der Waals surface area contributed by atoms with E-state index in [-0.39, 0.29) is 12.5 Å². The van der Waals surface area contributed by atoms with Gasteiger partial charge in [-0.3, -0.25) is 9.10 Å². The van der Waals surface area contributed by atoms with E-state index in [9.17, 15) is 13.2 Å². The van der Waals surface area contributed by atoms with Crippen LogP contribution in [0, 0.1) is 0 Å². The number of carbonyl (C=O) groups is 1. The van der Waals surface area contributed by atoms with Crippen molar-refractivity contribution >= 4 is 21.6 Å². The Hall–Kier alpha value is -3.52. The smallest absolute Gasteiger partial charge is 0.240 e. The Morgan fingerprint density at radius 3 is 2.09 bits per heavy atom. The van der Waals surface area contributed by atoms with Gasteiger partial charge in [0.25, 0.3) is 0 Å². The van der Waals surface area contributed by atoms with Crippen molar-refractivity contribution in [2.24, 2.45) is 0 Å². The Kier molecular flexibility index (Phi) is 8.32. The van der Waals surface area contributed by atoms with Gasteiger partial charge in [0, 0.05) is 6.54 Å². The normalized spacial score (nSPS) is 11.0. The van der Waals surface area contributed by atoms with Crippen LogP contribution in [0.4, 0.5) is 5.69 Å². The van der Waals surface area contributed by atoms with Crippen LogP contribution in [-0.2, 0) is 21.2 Å². The fourth-order valence-electron chi connectivity index (χ4n) is 3.20. The van der Waals surface area contributed by atoms with E-state index in [1.807, 2.05) is 54.6 Å². The zero-order valence-electron chi connectivity index (χ0n) is 18.7. The first kappa shape index (κ1) is 24.1. The Morgan fingerprint density at radius 1 is 0.879 bits per heavy atom. The Labute approximate surface area is 195 Å². The number of nitrogens with one attached hydrogen (secondary N) is 1. The number of amides is 1. The summed E-state index contributed by atoms with van der Waals surface area (Å²) < 4.78 is 36.6. The molecule has 7 nitrogen and oxygen atoms in total. The van der Waals surface area contributed by atoms with Gasteiger partial charge in [-0.25, -0.2) is 8.42 Å². The minimum absolute atomic E-state index is 0.291. The van der Waals surface area contributed by atoms with Gasteiger partial charge in [0.15, 0.2) is 0 Å². The van der Waals surface area contributed by atoms with Crippen LogP contribution in [0.15, 0.2) is 78.9 Å². The molecular formula is C25H28N2O5S.